The zero-order valence-electron chi connectivity index (χ0n) is 14.4. The molecule has 1 aromatic carbocycles. The van der Waals surface area contributed by atoms with E-state index in [1.165, 1.54) is 6.07 Å². The van der Waals surface area contributed by atoms with E-state index < -0.39 is 0 Å². The number of hydrogen-bond donors (Lipinski definition) is 2. The predicted octanol–water partition coefficient (Wildman–Crippen LogP) is 3.58. The fourth-order valence-electron chi connectivity index (χ4n) is 2.95. The van der Waals surface area contributed by atoms with Gasteiger partial charge >= 0.3 is 0 Å². The Morgan fingerprint density at radius 2 is 2.00 bits per heavy atom. The molecule has 1 aliphatic rings. The van der Waals surface area contributed by atoms with E-state index in [9.17, 15) is 9.50 Å². The molecular formula is C18H29FN2OS. The second kappa shape index (κ2) is 8.90. The summed E-state index contributed by atoms with van der Waals surface area (Å²) in [5.74, 6) is 0.869. The zero-order chi connectivity index (χ0) is 16.8. The van der Waals surface area contributed by atoms with Gasteiger partial charge in [0.05, 0.1) is 6.10 Å². The van der Waals surface area contributed by atoms with Crippen molar-refractivity contribution in [1.29, 1.82) is 0 Å². The Labute approximate surface area is 143 Å². The minimum Gasteiger partial charge on any atom is -0.393 e. The van der Waals surface area contributed by atoms with Crippen LogP contribution in [0.3, 0.4) is 0 Å². The van der Waals surface area contributed by atoms with Crippen LogP contribution in [0.4, 0.5) is 10.1 Å². The van der Waals surface area contributed by atoms with Crippen molar-refractivity contribution in [3.05, 3.63) is 29.6 Å². The number of nitrogens with one attached hydrogen (secondary N) is 1. The van der Waals surface area contributed by atoms with Gasteiger partial charge in [-0.2, -0.15) is 11.8 Å². The van der Waals surface area contributed by atoms with Crippen molar-refractivity contribution in [2.45, 2.75) is 51.0 Å². The smallest absolute Gasteiger partial charge is 0.123 e. The number of aliphatic hydroxyl groups excluding tert-OH is 1. The standard InChI is InChI=1S/C18H29FN2OS/c1-13(2)23-11-8-20-14(3)17-12-15(19)4-5-18(17)21-9-6-16(22)7-10-21/h4-5,12-14,16,20,22H,6-11H2,1-3H3/t14-/m0/s1. The molecule has 0 aliphatic carbocycles. The highest BCUT2D eigenvalue weighted by molar-refractivity contribution is 7.99. The van der Waals surface area contributed by atoms with Crippen LogP contribution in [0.15, 0.2) is 18.2 Å². The van der Waals surface area contributed by atoms with Gasteiger partial charge in [-0.1, -0.05) is 13.8 Å². The van der Waals surface area contributed by atoms with Crippen molar-refractivity contribution in [3.8, 4) is 0 Å². The van der Waals surface area contributed by atoms with E-state index >= 15 is 0 Å². The van der Waals surface area contributed by atoms with Crippen molar-refractivity contribution in [1.82, 2.24) is 5.32 Å². The Kier molecular flexibility index (Phi) is 7.18. The molecule has 1 atom stereocenters. The molecule has 2 N–H and O–H groups in total. The molecule has 3 nitrogen and oxygen atoms in total. The van der Waals surface area contributed by atoms with Crippen LogP contribution in [-0.4, -0.2) is 41.8 Å². The molecule has 0 bridgehead atoms. The van der Waals surface area contributed by atoms with E-state index in [0.717, 1.165) is 49.5 Å². The van der Waals surface area contributed by atoms with E-state index in [4.69, 9.17) is 0 Å². The molecule has 1 heterocycles. The van der Waals surface area contributed by atoms with E-state index in [1.54, 1.807) is 6.07 Å². The Balaban J connectivity index is 2.02. The van der Waals surface area contributed by atoms with Gasteiger partial charge in [-0.05, 0) is 48.8 Å². The van der Waals surface area contributed by atoms with Gasteiger partial charge in [-0.15, -0.1) is 0 Å². The van der Waals surface area contributed by atoms with Gasteiger partial charge < -0.3 is 15.3 Å². The van der Waals surface area contributed by atoms with Gasteiger partial charge in [0.15, 0.2) is 0 Å². The number of hydrogen-bond acceptors (Lipinski definition) is 4. The maximum absolute atomic E-state index is 13.7. The quantitative estimate of drug-likeness (QED) is 0.744. The van der Waals surface area contributed by atoms with Crippen LogP contribution in [0, 0.1) is 5.82 Å². The lowest BCUT2D eigenvalue weighted by Gasteiger charge is -2.34. The van der Waals surface area contributed by atoms with E-state index in [-0.39, 0.29) is 18.0 Å². The first kappa shape index (κ1) is 18.6. The molecule has 0 aromatic heterocycles. The minimum absolute atomic E-state index is 0.111. The third kappa shape index (κ3) is 5.66. The van der Waals surface area contributed by atoms with Crippen molar-refractivity contribution in [3.63, 3.8) is 0 Å². The molecule has 1 aromatic rings. The average molecular weight is 341 g/mol. The van der Waals surface area contributed by atoms with Crippen molar-refractivity contribution in [2.75, 3.05) is 30.3 Å². The van der Waals surface area contributed by atoms with Gasteiger partial charge in [0, 0.05) is 37.1 Å². The summed E-state index contributed by atoms with van der Waals surface area (Å²) in [5, 5.41) is 13.8. The Morgan fingerprint density at radius 3 is 2.65 bits per heavy atom. The fourth-order valence-corrected chi connectivity index (χ4v) is 3.65. The van der Waals surface area contributed by atoms with Gasteiger partial charge in [0.2, 0.25) is 0 Å². The highest BCUT2D eigenvalue weighted by atomic mass is 32.2. The van der Waals surface area contributed by atoms with Crippen molar-refractivity contribution >= 4 is 17.4 Å². The first-order valence-corrected chi connectivity index (χ1v) is 9.59. The topological polar surface area (TPSA) is 35.5 Å². The first-order valence-electron chi connectivity index (χ1n) is 8.55. The number of halogens is 1. The zero-order valence-corrected chi connectivity index (χ0v) is 15.2. The minimum atomic E-state index is -0.196. The number of benzene rings is 1. The molecule has 1 fully saturated rings. The maximum atomic E-state index is 13.7. The van der Waals surface area contributed by atoms with Crippen LogP contribution >= 0.6 is 11.8 Å². The molecule has 130 valence electrons. The molecule has 0 amide bonds. The summed E-state index contributed by atoms with van der Waals surface area (Å²) in [6.07, 6.45) is 1.37. The number of thioether (sulfide) groups is 1. The van der Waals surface area contributed by atoms with Crippen LogP contribution in [-0.2, 0) is 0 Å². The maximum Gasteiger partial charge on any atom is 0.123 e. The number of anilines is 1. The highest BCUT2D eigenvalue weighted by Gasteiger charge is 2.21. The molecule has 0 saturated carbocycles. The normalized spacial score (nSPS) is 17.7. The lowest BCUT2D eigenvalue weighted by atomic mass is 10.0. The van der Waals surface area contributed by atoms with Gasteiger partial charge in [-0.25, -0.2) is 4.39 Å². The molecule has 0 spiro atoms. The molecule has 0 unspecified atom stereocenters. The fraction of sp³-hybridized carbons (Fsp3) is 0.667. The highest BCUT2D eigenvalue weighted by Crippen LogP contribution is 2.29. The molecule has 23 heavy (non-hydrogen) atoms. The lowest BCUT2D eigenvalue weighted by molar-refractivity contribution is 0.145. The third-order valence-corrected chi connectivity index (χ3v) is 5.37. The summed E-state index contributed by atoms with van der Waals surface area (Å²) in [5.41, 5.74) is 2.10. The SMILES string of the molecule is CC(C)SCCN[C@@H](C)c1cc(F)ccc1N1CCC(O)CC1. The second-order valence-corrected chi connectivity index (χ2v) is 8.20. The van der Waals surface area contributed by atoms with E-state index in [0.29, 0.717) is 5.25 Å². The van der Waals surface area contributed by atoms with Crippen LogP contribution in [0.1, 0.15) is 45.2 Å². The van der Waals surface area contributed by atoms with Crippen LogP contribution in [0.5, 0.6) is 0 Å². The third-order valence-electron chi connectivity index (χ3n) is 4.27. The van der Waals surface area contributed by atoms with Crippen LogP contribution in [0.25, 0.3) is 0 Å². The Morgan fingerprint density at radius 1 is 1.30 bits per heavy atom. The monoisotopic (exact) mass is 340 g/mol. The first-order chi connectivity index (χ1) is 11.0. The second-order valence-electron chi connectivity index (χ2n) is 6.52. The van der Waals surface area contributed by atoms with Gasteiger partial charge in [0.25, 0.3) is 0 Å². The average Bonchev–Trinajstić information content (AvgIpc) is 2.52. The van der Waals surface area contributed by atoms with E-state index in [2.05, 4.69) is 31.0 Å². The summed E-state index contributed by atoms with van der Waals surface area (Å²) in [6.45, 7) is 9.06. The largest absolute Gasteiger partial charge is 0.393 e. The molecule has 1 aliphatic heterocycles. The summed E-state index contributed by atoms with van der Waals surface area (Å²) in [7, 11) is 0. The molecular weight excluding hydrogens is 311 g/mol. The molecule has 0 radical (unpaired) electrons. The summed E-state index contributed by atoms with van der Waals surface area (Å²) >= 11 is 1.93. The van der Waals surface area contributed by atoms with E-state index in [1.807, 2.05) is 17.8 Å². The Bertz CT molecular complexity index is 490. The number of aliphatic hydroxyl groups is 1. The number of piperidine rings is 1. The van der Waals surface area contributed by atoms with Crippen molar-refractivity contribution < 1.29 is 9.50 Å². The van der Waals surface area contributed by atoms with Gasteiger partial charge in [-0.3, -0.25) is 0 Å². The molecule has 5 heteroatoms. The number of nitrogens with zero attached hydrogens (tertiary/aromatic N) is 1. The van der Waals surface area contributed by atoms with Gasteiger partial charge in [0.1, 0.15) is 5.82 Å². The van der Waals surface area contributed by atoms with Crippen molar-refractivity contribution in [2.24, 2.45) is 0 Å². The predicted molar refractivity (Wildman–Crippen MR) is 97.9 cm³/mol. The summed E-state index contributed by atoms with van der Waals surface area (Å²) in [6, 6.07) is 5.17. The number of rotatable bonds is 7. The Hall–Kier alpha value is -0.780. The summed E-state index contributed by atoms with van der Waals surface area (Å²) in [4.78, 5) is 2.27. The summed E-state index contributed by atoms with van der Waals surface area (Å²) < 4.78 is 13.7. The molecule has 1 saturated heterocycles. The lowest BCUT2D eigenvalue weighted by Crippen LogP contribution is -2.37. The van der Waals surface area contributed by atoms with Crippen LogP contribution < -0.4 is 10.2 Å². The molecule has 2 rings (SSSR count). The van der Waals surface area contributed by atoms with Crippen LogP contribution in [0.2, 0.25) is 0 Å².